The number of unbranched alkanes of at least 4 members (excludes halogenated alkanes) is 1. The van der Waals surface area contributed by atoms with E-state index < -0.39 is 29.5 Å². The molecule has 0 atom stereocenters. The van der Waals surface area contributed by atoms with E-state index in [1.54, 1.807) is 62.4 Å². The van der Waals surface area contributed by atoms with Crippen molar-refractivity contribution in [3.05, 3.63) is 87.6 Å². The van der Waals surface area contributed by atoms with E-state index in [1.807, 2.05) is 24.4 Å². The van der Waals surface area contributed by atoms with Crippen LogP contribution in [0, 0.1) is 6.92 Å². The number of alkyl carbamates (subject to hydrolysis) is 1. The summed E-state index contributed by atoms with van der Waals surface area (Å²) in [7, 11) is 1.22. The molecule has 0 radical (unpaired) electrons. The highest BCUT2D eigenvalue weighted by Gasteiger charge is 2.27. The van der Waals surface area contributed by atoms with Crippen LogP contribution in [0.1, 0.15) is 81.6 Å². The maximum Gasteiger partial charge on any atom is 0.407 e. The number of aryl methyl sites for hydroxylation is 1. The number of nitrogens with zero attached hydrogens (tertiary/aromatic N) is 1. The van der Waals surface area contributed by atoms with Gasteiger partial charge in [-0.05, 0) is 99.0 Å². The predicted octanol–water partition coefficient (Wildman–Crippen LogP) is 6.29. The molecular weight excluding hydrogens is 673 g/mol. The monoisotopic (exact) mass is 714 g/mol. The number of nitrogens with one attached hydrogen (secondary N) is 3. The summed E-state index contributed by atoms with van der Waals surface area (Å²) in [5.41, 5.74) is 4.12. The normalized spacial score (nSPS) is 12.0. The number of methoxy groups -OCH3 is 1. The van der Waals surface area contributed by atoms with Gasteiger partial charge >= 0.3 is 12.1 Å². The number of hydrogen-bond acceptors (Lipinski definition) is 10. The Hall–Kier alpha value is -5.27. The van der Waals surface area contributed by atoms with Gasteiger partial charge in [-0.2, -0.15) is 0 Å². The fourth-order valence-electron chi connectivity index (χ4n) is 5.57. The van der Waals surface area contributed by atoms with E-state index in [4.69, 9.17) is 19.3 Å². The van der Waals surface area contributed by atoms with Crippen molar-refractivity contribution >= 4 is 40.9 Å². The Bertz CT molecular complexity index is 1950. The summed E-state index contributed by atoms with van der Waals surface area (Å²) < 4.78 is 16.6. The van der Waals surface area contributed by atoms with Gasteiger partial charge in [-0.1, -0.05) is 12.1 Å². The molecule has 51 heavy (non-hydrogen) atoms. The number of fused-ring (bicyclic) bond motifs is 3. The quantitative estimate of drug-likeness (QED) is 0.103. The first kappa shape index (κ1) is 37.0. The molecule has 3 amide bonds. The molecule has 0 saturated heterocycles. The fourth-order valence-corrected chi connectivity index (χ4v) is 6.54. The van der Waals surface area contributed by atoms with E-state index in [0.29, 0.717) is 49.4 Å². The Kier molecular flexibility index (Phi) is 11.7. The lowest BCUT2D eigenvalue weighted by molar-refractivity contribution is 0.0522. The van der Waals surface area contributed by atoms with Crippen LogP contribution in [0.5, 0.6) is 5.75 Å². The van der Waals surface area contributed by atoms with Crippen molar-refractivity contribution in [3.8, 4) is 27.3 Å². The third kappa shape index (κ3) is 9.10. The van der Waals surface area contributed by atoms with Crippen molar-refractivity contribution in [2.45, 2.75) is 59.1 Å². The van der Waals surface area contributed by atoms with Crippen LogP contribution in [0.2, 0.25) is 0 Å². The Labute approximate surface area is 300 Å². The molecule has 2 aromatic heterocycles. The number of carbonyl (C=O) groups excluding carboxylic acids is 4. The number of rotatable bonds is 11. The van der Waals surface area contributed by atoms with Crippen molar-refractivity contribution in [1.82, 2.24) is 15.6 Å². The smallest absolute Gasteiger partial charge is 0.407 e. The second kappa shape index (κ2) is 16.2. The SMILES string of the molecule is COC(=O)c1nc(C(=O)NCCCCO)ccc1-c1cc2c(cc1C(=O)Nc1ccc(CNC(=O)OC(C)(C)C)cc1C)-c1sccc1CCO2. The lowest BCUT2D eigenvalue weighted by atomic mass is 9.93. The third-order valence-electron chi connectivity index (χ3n) is 8.03. The molecule has 0 spiro atoms. The Balaban J connectivity index is 1.52. The third-order valence-corrected chi connectivity index (χ3v) is 9.02. The highest BCUT2D eigenvalue weighted by Crippen LogP contribution is 2.43. The summed E-state index contributed by atoms with van der Waals surface area (Å²) in [6.07, 6.45) is 1.27. The first-order chi connectivity index (χ1) is 24.4. The summed E-state index contributed by atoms with van der Waals surface area (Å²) in [4.78, 5) is 57.9. The zero-order chi connectivity index (χ0) is 36.7. The topological polar surface area (TPSA) is 165 Å². The first-order valence-electron chi connectivity index (χ1n) is 16.6. The standard InChI is InChI=1S/C38H42N4O8S/c1-22-18-23(21-40-37(47)50-38(2,3)4)8-10-29(22)42-34(44)27-19-28-31(49-16-12-24-13-17-51-33(24)28)20-26(27)25-9-11-30(41-32(25)36(46)48-5)35(45)39-14-6-7-15-43/h8-11,13,17-20,43H,6-7,12,14-16,21H2,1-5H3,(H,39,45)(H,40,47)(H,42,44). The number of hydrogen-bond donors (Lipinski definition) is 4. The van der Waals surface area contributed by atoms with E-state index in [1.165, 1.54) is 13.2 Å². The largest absolute Gasteiger partial charge is 0.493 e. The highest BCUT2D eigenvalue weighted by molar-refractivity contribution is 7.13. The Morgan fingerprint density at radius 1 is 0.961 bits per heavy atom. The molecule has 3 heterocycles. The first-order valence-corrected chi connectivity index (χ1v) is 17.5. The number of esters is 1. The Morgan fingerprint density at radius 3 is 2.49 bits per heavy atom. The number of aliphatic hydroxyl groups is 1. The molecule has 4 N–H and O–H groups in total. The van der Waals surface area contributed by atoms with Gasteiger partial charge in [0.1, 0.15) is 17.0 Å². The highest BCUT2D eigenvalue weighted by atomic mass is 32.1. The van der Waals surface area contributed by atoms with Crippen molar-refractivity contribution in [2.24, 2.45) is 0 Å². The van der Waals surface area contributed by atoms with Crippen LogP contribution in [0.25, 0.3) is 21.6 Å². The number of aromatic nitrogens is 1. The minimum absolute atomic E-state index is 0.000241. The van der Waals surface area contributed by atoms with Gasteiger partial charge in [0.15, 0.2) is 5.69 Å². The summed E-state index contributed by atoms with van der Waals surface area (Å²) >= 11 is 1.55. The molecule has 5 rings (SSSR count). The van der Waals surface area contributed by atoms with Gasteiger partial charge in [0.2, 0.25) is 0 Å². The van der Waals surface area contributed by atoms with Gasteiger partial charge in [-0.15, -0.1) is 11.3 Å². The molecule has 0 saturated carbocycles. The molecule has 1 aliphatic heterocycles. The van der Waals surface area contributed by atoms with E-state index in [-0.39, 0.29) is 35.7 Å². The number of anilines is 1. The fraction of sp³-hybridized carbons (Fsp3) is 0.342. The zero-order valence-corrected chi connectivity index (χ0v) is 30.1. The molecule has 13 heteroatoms. The maximum atomic E-state index is 14.3. The van der Waals surface area contributed by atoms with Gasteiger partial charge in [0.25, 0.3) is 11.8 Å². The summed E-state index contributed by atoms with van der Waals surface area (Å²) in [5.74, 6) is -1.17. The van der Waals surface area contributed by atoms with Gasteiger partial charge in [-0.3, -0.25) is 9.59 Å². The van der Waals surface area contributed by atoms with Gasteiger partial charge in [-0.25, -0.2) is 14.6 Å². The van der Waals surface area contributed by atoms with Crippen LogP contribution in [0.3, 0.4) is 0 Å². The summed E-state index contributed by atoms with van der Waals surface area (Å²) in [6, 6.07) is 14.0. The molecule has 0 unspecified atom stereocenters. The van der Waals surface area contributed by atoms with E-state index >= 15 is 0 Å². The lowest BCUT2D eigenvalue weighted by Gasteiger charge is -2.20. The molecule has 4 aromatic rings. The lowest BCUT2D eigenvalue weighted by Crippen LogP contribution is -2.32. The minimum Gasteiger partial charge on any atom is -0.493 e. The Morgan fingerprint density at radius 2 is 1.76 bits per heavy atom. The molecule has 0 fully saturated rings. The van der Waals surface area contributed by atoms with Crippen LogP contribution >= 0.6 is 11.3 Å². The van der Waals surface area contributed by atoms with Crippen molar-refractivity contribution in [3.63, 3.8) is 0 Å². The number of carbonyl (C=O) groups is 4. The second-order valence-electron chi connectivity index (χ2n) is 13.0. The van der Waals surface area contributed by atoms with Crippen LogP contribution in [-0.4, -0.2) is 66.4 Å². The predicted molar refractivity (Wildman–Crippen MR) is 194 cm³/mol. The zero-order valence-electron chi connectivity index (χ0n) is 29.3. The van der Waals surface area contributed by atoms with E-state index in [9.17, 15) is 19.2 Å². The van der Waals surface area contributed by atoms with Crippen LogP contribution in [0.4, 0.5) is 10.5 Å². The van der Waals surface area contributed by atoms with Gasteiger partial charge in [0.05, 0.1) is 13.7 Å². The number of benzene rings is 2. The number of aliphatic hydroxyl groups excluding tert-OH is 1. The van der Waals surface area contributed by atoms with Crippen LogP contribution in [-0.2, 0) is 22.4 Å². The molecule has 0 aliphatic carbocycles. The van der Waals surface area contributed by atoms with Crippen LogP contribution in [0.15, 0.2) is 53.9 Å². The average Bonchev–Trinajstić information content (AvgIpc) is 3.49. The van der Waals surface area contributed by atoms with Crippen molar-refractivity contribution < 1.29 is 38.5 Å². The molecule has 1 aliphatic rings. The summed E-state index contributed by atoms with van der Waals surface area (Å²) in [6.45, 7) is 8.23. The van der Waals surface area contributed by atoms with E-state index in [2.05, 4.69) is 20.9 Å². The minimum atomic E-state index is -0.783. The second-order valence-corrected chi connectivity index (χ2v) is 13.9. The van der Waals surface area contributed by atoms with Crippen LogP contribution < -0.4 is 20.7 Å². The van der Waals surface area contributed by atoms with Gasteiger partial charge < -0.3 is 35.3 Å². The molecule has 12 nitrogen and oxygen atoms in total. The molecule has 2 aromatic carbocycles. The van der Waals surface area contributed by atoms with Crippen molar-refractivity contribution in [1.29, 1.82) is 0 Å². The summed E-state index contributed by atoms with van der Waals surface area (Å²) in [5, 5.41) is 19.6. The average molecular weight is 715 g/mol. The number of thiophene rings is 1. The maximum absolute atomic E-state index is 14.3. The van der Waals surface area contributed by atoms with E-state index in [0.717, 1.165) is 27.1 Å². The number of ether oxygens (including phenoxy) is 3. The van der Waals surface area contributed by atoms with Crippen molar-refractivity contribution in [2.75, 3.05) is 32.2 Å². The molecule has 268 valence electrons. The number of amides is 3. The molecule has 0 bridgehead atoms. The number of pyridine rings is 1. The van der Waals surface area contributed by atoms with Gasteiger partial charge in [0, 0.05) is 58.9 Å². The molecular formula is C38H42N4O8S.